The molecular weight excluding hydrogens is 580 g/mol. The lowest BCUT2D eigenvalue weighted by atomic mass is 10.1. The maximum Gasteiger partial charge on any atom is 0.319 e. The number of hydrogen-bond donors (Lipinski definition) is 2. The van der Waals surface area contributed by atoms with Gasteiger partial charge in [0, 0.05) is 24.3 Å². The number of nitrogens with one attached hydrogen (secondary N) is 2. The van der Waals surface area contributed by atoms with Crippen molar-refractivity contribution in [2.24, 2.45) is 0 Å². The first-order valence-corrected chi connectivity index (χ1v) is 16.5. The van der Waals surface area contributed by atoms with Crippen LogP contribution in [-0.2, 0) is 9.59 Å². The average Bonchev–Trinajstić information content (AvgIpc) is 2.98. The van der Waals surface area contributed by atoms with Crippen molar-refractivity contribution in [2.45, 2.75) is 64.2 Å². The quantitative estimate of drug-likeness (QED) is 0.107. The van der Waals surface area contributed by atoms with Crippen LogP contribution in [0.25, 0.3) is 0 Å². The van der Waals surface area contributed by atoms with Crippen molar-refractivity contribution in [1.29, 1.82) is 0 Å². The number of rotatable bonds is 23. The zero-order valence-electron chi connectivity index (χ0n) is 23.8. The van der Waals surface area contributed by atoms with Gasteiger partial charge in [0.15, 0.2) is 24.0 Å². The van der Waals surface area contributed by atoms with E-state index in [0.29, 0.717) is 22.3 Å². The fourth-order valence-corrected chi connectivity index (χ4v) is 5.75. The molecule has 0 aliphatic rings. The van der Waals surface area contributed by atoms with Crippen LogP contribution in [0.3, 0.4) is 0 Å². The van der Waals surface area contributed by atoms with E-state index in [1.54, 1.807) is 23.5 Å². The molecule has 0 aliphatic heterocycles. The van der Waals surface area contributed by atoms with Gasteiger partial charge in [0.25, 0.3) is 11.4 Å². The first kappa shape index (κ1) is 34.9. The summed E-state index contributed by atoms with van der Waals surface area (Å²) in [5, 5.41) is 28.0. The number of ketones is 2. The van der Waals surface area contributed by atoms with E-state index in [1.165, 1.54) is 63.3 Å². The third-order valence-electron chi connectivity index (χ3n) is 6.18. The molecule has 0 spiro atoms. The Kier molecular flexibility index (Phi) is 17.8. The van der Waals surface area contributed by atoms with Gasteiger partial charge in [-0.3, -0.25) is 29.1 Å². The molecule has 42 heavy (non-hydrogen) atoms. The number of carbonyl (C=O) groups excluding carboxylic acids is 4. The van der Waals surface area contributed by atoms with Gasteiger partial charge in [0.2, 0.25) is 0 Å². The average molecular weight is 621 g/mol. The van der Waals surface area contributed by atoms with Gasteiger partial charge in [-0.05, 0) is 24.3 Å². The summed E-state index contributed by atoms with van der Waals surface area (Å²) >= 11 is 3.49. The van der Waals surface area contributed by atoms with E-state index in [-0.39, 0.29) is 36.0 Å². The predicted molar refractivity (Wildman–Crippen MR) is 162 cm³/mol. The fraction of sp³-hybridized carbons (Fsp3) is 0.571. The fourth-order valence-electron chi connectivity index (χ4n) is 3.78. The lowest BCUT2D eigenvalue weighted by molar-refractivity contribution is -0.608. The molecule has 12 nitrogen and oxygen atoms in total. The number of hydrogen-bond acceptors (Lipinski definition) is 10. The Morgan fingerprint density at radius 1 is 0.619 bits per heavy atom. The molecule has 0 aromatic carbocycles. The predicted octanol–water partition coefficient (Wildman–Crippen LogP) is 2.41. The summed E-state index contributed by atoms with van der Waals surface area (Å²) in [7, 11) is 0. The van der Waals surface area contributed by atoms with Gasteiger partial charge in [-0.1, -0.05) is 38.5 Å². The monoisotopic (exact) mass is 620 g/mol. The van der Waals surface area contributed by atoms with E-state index in [9.17, 15) is 29.6 Å². The third kappa shape index (κ3) is 15.1. The molecule has 2 heterocycles. The summed E-state index contributed by atoms with van der Waals surface area (Å²) < 4.78 is 0.840. The molecule has 2 rings (SSSR count). The van der Waals surface area contributed by atoms with Gasteiger partial charge in [-0.2, -0.15) is 33.0 Å². The van der Waals surface area contributed by atoms with Crippen molar-refractivity contribution in [3.8, 4) is 0 Å². The molecule has 0 saturated heterocycles. The van der Waals surface area contributed by atoms with Crippen molar-refractivity contribution >= 4 is 46.9 Å². The first-order valence-electron chi connectivity index (χ1n) is 14.2. The summed E-state index contributed by atoms with van der Waals surface area (Å²) in [4.78, 5) is 55.2. The Balaban J connectivity index is 1.31. The van der Waals surface area contributed by atoms with Crippen LogP contribution in [0.5, 0.6) is 0 Å². The van der Waals surface area contributed by atoms with Crippen LogP contribution in [0.4, 0.5) is 0 Å². The third-order valence-corrected chi connectivity index (χ3v) is 8.32. The second kappa shape index (κ2) is 21.4. The zero-order chi connectivity index (χ0) is 30.4. The topological polar surface area (TPSA) is 172 Å². The number of aromatic nitrogens is 4. The summed E-state index contributed by atoms with van der Waals surface area (Å²) in [5.74, 6) is 2.14. The van der Waals surface area contributed by atoms with Crippen LogP contribution >= 0.6 is 23.5 Å². The van der Waals surface area contributed by atoms with Crippen LogP contribution < -0.4 is 20.1 Å². The minimum atomic E-state index is -0.606. The molecule has 14 heteroatoms. The normalized spacial score (nSPS) is 10.8. The summed E-state index contributed by atoms with van der Waals surface area (Å²) in [6, 6.07) is 0. The van der Waals surface area contributed by atoms with E-state index < -0.39 is 11.8 Å². The number of thioether (sulfide) groups is 2. The van der Waals surface area contributed by atoms with Crippen molar-refractivity contribution in [1.82, 2.24) is 20.6 Å². The van der Waals surface area contributed by atoms with Crippen LogP contribution in [0.2, 0.25) is 0 Å². The van der Waals surface area contributed by atoms with Crippen molar-refractivity contribution in [2.75, 3.05) is 36.1 Å². The lowest BCUT2D eigenvalue weighted by Gasteiger charge is -2.06. The molecule has 2 aromatic heterocycles. The standard InChI is InChI=1S/C28H40N6O6S2/c35-23(19-31-27(37)25-21-29-11-13-33(25)39)9-17-41-15-7-5-3-1-2-4-6-8-16-42-18-10-24(36)20-32-28(38)26-22-30-12-14-34(26)40/h11-14,21-22H,1-10,15-20H2,(H,31,37)(H,32,38). The molecule has 0 bridgehead atoms. The highest BCUT2D eigenvalue weighted by Gasteiger charge is 2.17. The minimum Gasteiger partial charge on any atom is -0.618 e. The Labute approximate surface area is 255 Å². The van der Waals surface area contributed by atoms with Gasteiger partial charge < -0.3 is 21.0 Å². The molecule has 2 N–H and O–H groups in total. The van der Waals surface area contributed by atoms with Crippen molar-refractivity contribution in [3.05, 3.63) is 59.0 Å². The minimum absolute atomic E-state index is 0.0632. The molecule has 230 valence electrons. The Bertz CT molecular complexity index is 1050. The van der Waals surface area contributed by atoms with Crippen LogP contribution in [-0.4, -0.2) is 69.4 Å². The Morgan fingerprint density at radius 2 is 1.00 bits per heavy atom. The van der Waals surface area contributed by atoms with E-state index in [0.717, 1.165) is 48.2 Å². The first-order chi connectivity index (χ1) is 20.4. The molecule has 0 radical (unpaired) electrons. The smallest absolute Gasteiger partial charge is 0.319 e. The molecule has 0 aliphatic carbocycles. The molecule has 2 aromatic rings. The van der Waals surface area contributed by atoms with Gasteiger partial charge in [-0.15, -0.1) is 0 Å². The van der Waals surface area contributed by atoms with E-state index in [1.807, 2.05) is 0 Å². The molecular formula is C28H40N6O6S2. The molecule has 0 unspecified atom stereocenters. The SMILES string of the molecule is O=C(CCSCCCCCCCCCCSCCC(=O)CNC(=O)c1cncc[n+]1[O-])CNC(=O)c1cncc[n+]1[O-]. The van der Waals surface area contributed by atoms with E-state index in [4.69, 9.17) is 0 Å². The second-order valence-corrected chi connectivity index (χ2v) is 12.0. The summed E-state index contributed by atoms with van der Waals surface area (Å²) in [6.07, 6.45) is 17.4. The van der Waals surface area contributed by atoms with Gasteiger partial charge >= 0.3 is 11.8 Å². The number of carbonyl (C=O) groups is 4. The van der Waals surface area contributed by atoms with Crippen molar-refractivity contribution in [3.63, 3.8) is 0 Å². The van der Waals surface area contributed by atoms with Gasteiger partial charge in [0.1, 0.15) is 12.4 Å². The van der Waals surface area contributed by atoms with Crippen molar-refractivity contribution < 1.29 is 28.6 Å². The largest absolute Gasteiger partial charge is 0.618 e. The lowest BCUT2D eigenvalue weighted by Crippen LogP contribution is -2.40. The van der Waals surface area contributed by atoms with Crippen LogP contribution in [0, 0.1) is 10.4 Å². The maximum atomic E-state index is 12.0. The number of amides is 2. The van der Waals surface area contributed by atoms with E-state index in [2.05, 4.69) is 20.6 Å². The maximum absolute atomic E-state index is 12.0. The highest BCUT2D eigenvalue weighted by atomic mass is 32.2. The number of unbranched alkanes of at least 4 members (excludes halogenated alkanes) is 7. The second-order valence-electron chi connectivity index (χ2n) is 9.57. The van der Waals surface area contributed by atoms with Crippen LogP contribution in [0.1, 0.15) is 85.2 Å². The molecule has 2 amide bonds. The molecule has 0 atom stereocenters. The summed E-state index contributed by atoms with van der Waals surface area (Å²) in [6.45, 7) is -0.181. The Morgan fingerprint density at radius 3 is 1.38 bits per heavy atom. The molecule has 0 saturated carbocycles. The summed E-state index contributed by atoms with van der Waals surface area (Å²) in [5.41, 5.74) is -0.269. The zero-order valence-corrected chi connectivity index (χ0v) is 25.5. The highest BCUT2D eigenvalue weighted by Crippen LogP contribution is 2.13. The van der Waals surface area contributed by atoms with E-state index >= 15 is 0 Å². The number of Topliss-reactive ketones (excluding diaryl/α,β-unsaturated/α-hetero) is 2. The van der Waals surface area contributed by atoms with Gasteiger partial charge in [0.05, 0.1) is 25.5 Å². The van der Waals surface area contributed by atoms with Gasteiger partial charge in [-0.25, -0.2) is 0 Å². The van der Waals surface area contributed by atoms with Crippen LogP contribution in [0.15, 0.2) is 37.2 Å². The highest BCUT2D eigenvalue weighted by molar-refractivity contribution is 7.99. The number of nitrogens with zero attached hydrogens (tertiary/aromatic N) is 4. The Hall–Kier alpha value is -3.26. The molecule has 0 fully saturated rings.